The number of nitrogens with zero attached hydrogens (tertiary/aromatic N) is 4. The molecule has 0 bridgehead atoms. The topological polar surface area (TPSA) is 60.7 Å². The number of carbonyl (C=O) groups is 1. The van der Waals surface area contributed by atoms with Crippen LogP contribution in [0.5, 0.6) is 0 Å². The standard InChI is InChI=1S/C23H17FN4O/c24-16-7-9-18(10-8-16)28-23-15(14-26-28)12-19-20(13-17-4-1-2-11-25-17)22(29)6-3-5-21(19)27-23/h1-2,4,7-14H,3,5-6H2. The van der Waals surface area contributed by atoms with Crippen LogP contribution >= 0.6 is 0 Å². The summed E-state index contributed by atoms with van der Waals surface area (Å²) in [5.74, 6) is -0.198. The first-order chi connectivity index (χ1) is 14.2. The highest BCUT2D eigenvalue weighted by Crippen LogP contribution is 2.31. The minimum atomic E-state index is -0.296. The van der Waals surface area contributed by atoms with Crippen LogP contribution in [0.2, 0.25) is 0 Å². The molecule has 142 valence electrons. The summed E-state index contributed by atoms with van der Waals surface area (Å²) in [4.78, 5) is 22.0. The molecular formula is C23H17FN4O. The first-order valence-electron chi connectivity index (χ1n) is 9.49. The van der Waals surface area contributed by atoms with E-state index >= 15 is 0 Å². The molecule has 0 N–H and O–H groups in total. The highest BCUT2D eigenvalue weighted by Gasteiger charge is 2.22. The van der Waals surface area contributed by atoms with Crippen molar-refractivity contribution in [2.24, 2.45) is 0 Å². The number of hydrogen-bond acceptors (Lipinski definition) is 4. The van der Waals surface area contributed by atoms with Crippen molar-refractivity contribution in [2.45, 2.75) is 19.3 Å². The van der Waals surface area contributed by atoms with Gasteiger partial charge in [0.2, 0.25) is 0 Å². The van der Waals surface area contributed by atoms with Crippen LogP contribution < -0.4 is 0 Å². The molecule has 0 aliphatic heterocycles. The van der Waals surface area contributed by atoms with Crippen LogP contribution in [0.1, 0.15) is 29.8 Å². The van der Waals surface area contributed by atoms with E-state index in [0.717, 1.165) is 34.4 Å². The molecule has 5 rings (SSSR count). The number of rotatable bonds is 2. The van der Waals surface area contributed by atoms with Gasteiger partial charge in [0.15, 0.2) is 11.4 Å². The van der Waals surface area contributed by atoms with Gasteiger partial charge in [0.05, 0.1) is 23.3 Å². The fraction of sp³-hybridized carbons (Fsp3) is 0.130. The zero-order chi connectivity index (χ0) is 19.8. The molecular weight excluding hydrogens is 367 g/mol. The maximum atomic E-state index is 13.3. The number of ketones is 1. The van der Waals surface area contributed by atoms with E-state index < -0.39 is 0 Å². The molecule has 1 aliphatic rings. The first-order valence-corrected chi connectivity index (χ1v) is 9.49. The molecule has 6 heteroatoms. The third kappa shape index (κ3) is 3.23. The number of fused-ring (bicyclic) bond motifs is 2. The third-order valence-corrected chi connectivity index (χ3v) is 5.08. The third-order valence-electron chi connectivity index (χ3n) is 5.08. The lowest BCUT2D eigenvalue weighted by Crippen LogP contribution is -2.03. The van der Waals surface area contributed by atoms with Crippen LogP contribution in [0.3, 0.4) is 0 Å². The molecule has 1 aliphatic carbocycles. The number of aryl methyl sites for hydroxylation is 1. The van der Waals surface area contributed by atoms with E-state index in [9.17, 15) is 9.18 Å². The monoisotopic (exact) mass is 384 g/mol. The van der Waals surface area contributed by atoms with E-state index in [1.54, 1.807) is 29.2 Å². The van der Waals surface area contributed by atoms with E-state index in [0.29, 0.717) is 24.1 Å². The zero-order valence-electron chi connectivity index (χ0n) is 15.5. The Labute approximate surface area is 166 Å². The van der Waals surface area contributed by atoms with Crippen molar-refractivity contribution in [3.05, 3.63) is 83.7 Å². The van der Waals surface area contributed by atoms with Crippen LogP contribution in [-0.4, -0.2) is 25.5 Å². The molecule has 0 unspecified atom stereocenters. The number of Topliss-reactive ketones (excluding diaryl/α,β-unsaturated/α-hetero) is 1. The van der Waals surface area contributed by atoms with E-state index in [-0.39, 0.29) is 11.6 Å². The highest BCUT2D eigenvalue weighted by molar-refractivity contribution is 6.26. The summed E-state index contributed by atoms with van der Waals surface area (Å²) in [5, 5.41) is 5.26. The number of hydrogen-bond donors (Lipinski definition) is 0. The zero-order valence-corrected chi connectivity index (χ0v) is 15.5. The smallest absolute Gasteiger partial charge is 0.163 e. The fourth-order valence-electron chi connectivity index (χ4n) is 3.66. The molecule has 4 aromatic rings. The lowest BCUT2D eigenvalue weighted by Gasteiger charge is -2.09. The lowest BCUT2D eigenvalue weighted by atomic mass is 9.99. The second-order valence-corrected chi connectivity index (χ2v) is 7.02. The van der Waals surface area contributed by atoms with Crippen molar-refractivity contribution in [1.29, 1.82) is 0 Å². The molecule has 5 nitrogen and oxygen atoms in total. The second-order valence-electron chi connectivity index (χ2n) is 7.02. The molecule has 0 spiro atoms. The Balaban J connectivity index is 1.68. The van der Waals surface area contributed by atoms with Gasteiger partial charge < -0.3 is 0 Å². The summed E-state index contributed by atoms with van der Waals surface area (Å²) >= 11 is 0. The second kappa shape index (κ2) is 7.05. The quantitative estimate of drug-likeness (QED) is 0.380. The van der Waals surface area contributed by atoms with E-state index in [2.05, 4.69) is 10.1 Å². The number of allylic oxidation sites excluding steroid dienone is 1. The van der Waals surface area contributed by atoms with E-state index in [1.165, 1.54) is 12.1 Å². The van der Waals surface area contributed by atoms with Gasteiger partial charge in [-0.05, 0) is 61.4 Å². The molecule has 3 aromatic heterocycles. The number of carbonyl (C=O) groups excluding carboxylic acids is 1. The Kier molecular flexibility index (Phi) is 4.24. The van der Waals surface area contributed by atoms with Gasteiger partial charge in [0, 0.05) is 29.1 Å². The molecule has 0 fully saturated rings. The number of pyridine rings is 2. The van der Waals surface area contributed by atoms with Gasteiger partial charge in [-0.3, -0.25) is 9.78 Å². The van der Waals surface area contributed by atoms with Crippen LogP contribution in [0.25, 0.3) is 28.4 Å². The van der Waals surface area contributed by atoms with Crippen LogP contribution in [0, 0.1) is 5.82 Å². The van der Waals surface area contributed by atoms with Gasteiger partial charge in [-0.15, -0.1) is 0 Å². The predicted molar refractivity (Wildman–Crippen MR) is 109 cm³/mol. The molecule has 0 saturated heterocycles. The Morgan fingerprint density at radius 1 is 1.07 bits per heavy atom. The largest absolute Gasteiger partial charge is 0.294 e. The Morgan fingerprint density at radius 3 is 2.72 bits per heavy atom. The van der Waals surface area contributed by atoms with Crippen molar-refractivity contribution in [3.8, 4) is 5.69 Å². The van der Waals surface area contributed by atoms with Crippen molar-refractivity contribution in [1.82, 2.24) is 19.7 Å². The van der Waals surface area contributed by atoms with Crippen LogP contribution in [0.15, 0.2) is 60.9 Å². The summed E-state index contributed by atoms with van der Waals surface area (Å²) in [6.45, 7) is 0. The van der Waals surface area contributed by atoms with E-state index in [1.807, 2.05) is 30.3 Å². The predicted octanol–water partition coefficient (Wildman–Crippen LogP) is 4.40. The highest BCUT2D eigenvalue weighted by atomic mass is 19.1. The molecule has 29 heavy (non-hydrogen) atoms. The van der Waals surface area contributed by atoms with Gasteiger partial charge >= 0.3 is 0 Å². The molecule has 0 saturated carbocycles. The summed E-state index contributed by atoms with van der Waals surface area (Å²) in [7, 11) is 0. The Morgan fingerprint density at radius 2 is 1.93 bits per heavy atom. The maximum absolute atomic E-state index is 13.3. The van der Waals surface area contributed by atoms with Crippen molar-refractivity contribution in [3.63, 3.8) is 0 Å². The first kappa shape index (κ1) is 17.4. The molecule has 0 radical (unpaired) electrons. The SMILES string of the molecule is O=C1CCCc2nc3c(cnn3-c3ccc(F)cc3)cc2C1=Cc1ccccn1. The minimum absolute atomic E-state index is 0.0986. The average molecular weight is 384 g/mol. The average Bonchev–Trinajstić information content (AvgIpc) is 3.09. The molecule has 0 atom stereocenters. The minimum Gasteiger partial charge on any atom is -0.294 e. The summed E-state index contributed by atoms with van der Waals surface area (Å²) in [5.41, 5.74) is 4.52. The fourth-order valence-corrected chi connectivity index (χ4v) is 3.66. The molecule has 0 amide bonds. The Hall–Kier alpha value is -3.67. The molecule has 1 aromatic carbocycles. The normalized spacial score (nSPS) is 15.5. The van der Waals surface area contributed by atoms with Crippen LogP contribution in [0.4, 0.5) is 4.39 Å². The van der Waals surface area contributed by atoms with Gasteiger partial charge in [0.25, 0.3) is 0 Å². The van der Waals surface area contributed by atoms with Gasteiger partial charge in [-0.1, -0.05) is 6.07 Å². The summed E-state index contributed by atoms with van der Waals surface area (Å²) in [6, 6.07) is 13.7. The van der Waals surface area contributed by atoms with Crippen molar-refractivity contribution in [2.75, 3.05) is 0 Å². The lowest BCUT2D eigenvalue weighted by molar-refractivity contribution is -0.113. The van der Waals surface area contributed by atoms with Crippen LogP contribution in [-0.2, 0) is 11.2 Å². The molecule has 3 heterocycles. The Bertz CT molecular complexity index is 1240. The summed E-state index contributed by atoms with van der Waals surface area (Å²) < 4.78 is 15.0. The van der Waals surface area contributed by atoms with Gasteiger partial charge in [-0.2, -0.15) is 5.10 Å². The van der Waals surface area contributed by atoms with Crippen molar-refractivity contribution < 1.29 is 9.18 Å². The van der Waals surface area contributed by atoms with Crippen molar-refractivity contribution >= 4 is 28.5 Å². The number of aromatic nitrogens is 4. The van der Waals surface area contributed by atoms with Gasteiger partial charge in [-0.25, -0.2) is 14.1 Å². The maximum Gasteiger partial charge on any atom is 0.163 e. The number of halogens is 1. The number of benzene rings is 1. The van der Waals surface area contributed by atoms with E-state index in [4.69, 9.17) is 4.98 Å². The summed E-state index contributed by atoms with van der Waals surface area (Å²) in [6.07, 6.45) is 7.21. The van der Waals surface area contributed by atoms with Gasteiger partial charge in [0.1, 0.15) is 5.82 Å².